The Bertz CT molecular complexity index is 585. The molecule has 0 radical (unpaired) electrons. The molecule has 1 heterocycles. The number of rotatable bonds is 2. The Morgan fingerprint density at radius 3 is 2.80 bits per heavy atom. The van der Waals surface area contributed by atoms with Crippen molar-refractivity contribution >= 4 is 20.6 Å². The third-order valence-corrected chi connectivity index (χ3v) is 4.21. The van der Waals surface area contributed by atoms with Crippen LogP contribution in [0.3, 0.4) is 0 Å². The maximum Gasteiger partial charge on any atom is 0.0872 e. The van der Waals surface area contributed by atoms with Crippen LogP contribution in [-0.4, -0.2) is 14.9 Å². The summed E-state index contributed by atoms with van der Waals surface area (Å²) in [5.41, 5.74) is 0.682. The first kappa shape index (κ1) is 10.1. The van der Waals surface area contributed by atoms with E-state index in [2.05, 4.69) is 4.98 Å². The number of pyridine rings is 1. The zero-order valence-electron chi connectivity index (χ0n) is 8.43. The van der Waals surface area contributed by atoms with Crippen LogP contribution in [0.15, 0.2) is 41.4 Å². The molecule has 2 aromatic rings. The molecule has 1 aromatic heterocycles. The van der Waals surface area contributed by atoms with E-state index in [1.165, 1.54) is 0 Å². The van der Waals surface area contributed by atoms with Gasteiger partial charge in [0.15, 0.2) is 0 Å². The van der Waals surface area contributed by atoms with Gasteiger partial charge in [-0.15, -0.1) is 0 Å². The molecule has 0 fully saturated rings. The monoisotopic (exact) mass is 220 g/mol. The normalized spacial score (nSPS) is 15.0. The third kappa shape index (κ3) is 1.72. The van der Waals surface area contributed by atoms with Crippen molar-refractivity contribution in [3.63, 3.8) is 0 Å². The predicted octanol–water partition coefficient (Wildman–Crippen LogP) is 2.66. The molecule has 0 spiro atoms. The van der Waals surface area contributed by atoms with Gasteiger partial charge >= 0.3 is 0 Å². The van der Waals surface area contributed by atoms with Crippen LogP contribution in [0.1, 0.15) is 6.92 Å². The van der Waals surface area contributed by atoms with Crippen LogP contribution in [0.4, 0.5) is 0 Å². The van der Waals surface area contributed by atoms with Crippen molar-refractivity contribution < 1.29 is 4.21 Å². The van der Waals surface area contributed by atoms with Gasteiger partial charge in [-0.05, 0) is 12.1 Å². The van der Waals surface area contributed by atoms with Gasteiger partial charge < -0.3 is 0 Å². The van der Waals surface area contributed by atoms with Gasteiger partial charge in [-0.25, -0.2) is 8.99 Å². The quantitative estimate of drug-likeness (QED) is 0.845. The second-order valence-corrected chi connectivity index (χ2v) is 5.66. The van der Waals surface area contributed by atoms with Gasteiger partial charge in [0.25, 0.3) is 0 Å². The number of fused-ring (bicyclic) bond motifs is 1. The molecule has 1 N–H and O–H groups in total. The Balaban J connectivity index is 2.83. The number of nitrogens with one attached hydrogen (secondary N) is 1. The first-order valence-electron chi connectivity index (χ1n) is 4.75. The second-order valence-electron chi connectivity index (χ2n) is 3.30. The van der Waals surface area contributed by atoms with Crippen LogP contribution in [0.25, 0.3) is 10.9 Å². The highest BCUT2D eigenvalue weighted by atomic mass is 32.2. The fourth-order valence-corrected chi connectivity index (χ4v) is 2.59. The minimum atomic E-state index is -2.69. The summed E-state index contributed by atoms with van der Waals surface area (Å²) in [5, 5.41) is 0.934. The summed E-state index contributed by atoms with van der Waals surface area (Å²) in [7, 11) is -2.69. The van der Waals surface area contributed by atoms with E-state index < -0.39 is 9.73 Å². The molecule has 0 aliphatic rings. The fourth-order valence-electron chi connectivity index (χ4n) is 1.50. The summed E-state index contributed by atoms with van der Waals surface area (Å²) in [4.78, 5) is 4.74. The van der Waals surface area contributed by atoms with Crippen LogP contribution in [0, 0.1) is 4.78 Å². The average Bonchev–Trinajstić information content (AvgIpc) is 2.28. The first-order valence-corrected chi connectivity index (χ1v) is 6.48. The Labute approximate surface area is 89.1 Å². The van der Waals surface area contributed by atoms with Crippen LogP contribution in [0.5, 0.6) is 0 Å². The number of nitrogens with zero attached hydrogens (tertiary/aromatic N) is 1. The molecule has 0 unspecified atom stereocenters. The molecule has 15 heavy (non-hydrogen) atoms. The molecule has 2 rings (SSSR count). The van der Waals surface area contributed by atoms with Crippen LogP contribution >= 0.6 is 0 Å². The maximum atomic E-state index is 12.0. The molecule has 0 saturated heterocycles. The summed E-state index contributed by atoms with van der Waals surface area (Å²) in [6.45, 7) is 1.76. The van der Waals surface area contributed by atoms with Crippen molar-refractivity contribution in [2.24, 2.45) is 0 Å². The molecule has 0 bridgehead atoms. The molecule has 1 aromatic carbocycles. The van der Waals surface area contributed by atoms with Crippen LogP contribution < -0.4 is 0 Å². The van der Waals surface area contributed by atoms with Gasteiger partial charge in [0.1, 0.15) is 0 Å². The minimum Gasteiger partial charge on any atom is -0.255 e. The van der Waals surface area contributed by atoms with Crippen LogP contribution in [-0.2, 0) is 9.73 Å². The van der Waals surface area contributed by atoms with E-state index in [0.29, 0.717) is 16.2 Å². The number of aromatic nitrogens is 1. The van der Waals surface area contributed by atoms with Gasteiger partial charge in [-0.2, -0.15) is 0 Å². The number of hydrogen-bond donors (Lipinski definition) is 1. The van der Waals surface area contributed by atoms with Crippen molar-refractivity contribution in [3.8, 4) is 0 Å². The van der Waals surface area contributed by atoms with Crippen molar-refractivity contribution in [1.82, 2.24) is 4.98 Å². The number of para-hydroxylation sites is 1. The van der Waals surface area contributed by atoms with Crippen molar-refractivity contribution in [3.05, 3.63) is 36.5 Å². The van der Waals surface area contributed by atoms with Crippen molar-refractivity contribution in [2.45, 2.75) is 11.8 Å². The van der Waals surface area contributed by atoms with E-state index >= 15 is 0 Å². The standard InChI is InChI=1S/C11H12N2OS/c1-2-15(12,14)10-7-3-5-9-6-4-8-13-11(9)10/h3-8,12H,2H2,1H3/t15-/m0/s1. The third-order valence-electron chi connectivity index (χ3n) is 2.36. The van der Waals surface area contributed by atoms with E-state index in [-0.39, 0.29) is 0 Å². The molecule has 4 heteroatoms. The molecule has 0 aliphatic carbocycles. The number of hydrogen-bond acceptors (Lipinski definition) is 3. The molecule has 0 aliphatic heterocycles. The lowest BCUT2D eigenvalue weighted by molar-refractivity contribution is 0.676. The summed E-state index contributed by atoms with van der Waals surface area (Å²) in [5.74, 6) is 0.322. The lowest BCUT2D eigenvalue weighted by Crippen LogP contribution is -2.02. The van der Waals surface area contributed by atoms with Gasteiger partial charge in [-0.3, -0.25) is 4.98 Å². The smallest absolute Gasteiger partial charge is 0.0872 e. The maximum absolute atomic E-state index is 12.0. The Morgan fingerprint density at radius 2 is 2.07 bits per heavy atom. The van der Waals surface area contributed by atoms with Gasteiger partial charge in [0.05, 0.1) is 20.1 Å². The summed E-state index contributed by atoms with van der Waals surface area (Å²) in [6.07, 6.45) is 1.66. The lowest BCUT2D eigenvalue weighted by atomic mass is 10.2. The first-order chi connectivity index (χ1) is 7.15. The van der Waals surface area contributed by atoms with Gasteiger partial charge in [-0.1, -0.05) is 25.1 Å². The molecule has 78 valence electrons. The second kappa shape index (κ2) is 3.62. The van der Waals surface area contributed by atoms with E-state index in [9.17, 15) is 4.21 Å². The van der Waals surface area contributed by atoms with E-state index in [0.717, 1.165) is 5.39 Å². The number of benzene rings is 1. The molecule has 3 nitrogen and oxygen atoms in total. The fraction of sp³-hybridized carbons (Fsp3) is 0.182. The minimum absolute atomic E-state index is 0.322. The average molecular weight is 220 g/mol. The molecular formula is C11H12N2OS. The van der Waals surface area contributed by atoms with E-state index in [1.54, 1.807) is 19.2 Å². The highest BCUT2D eigenvalue weighted by Gasteiger charge is 2.11. The Morgan fingerprint density at radius 1 is 1.33 bits per heavy atom. The zero-order valence-corrected chi connectivity index (χ0v) is 9.25. The van der Waals surface area contributed by atoms with Crippen LogP contribution in [0.2, 0.25) is 0 Å². The highest BCUT2D eigenvalue weighted by molar-refractivity contribution is 7.92. The summed E-state index contributed by atoms with van der Waals surface area (Å²) >= 11 is 0. The zero-order chi connectivity index (χ0) is 10.9. The molecular weight excluding hydrogens is 208 g/mol. The molecule has 0 amide bonds. The largest absolute Gasteiger partial charge is 0.255 e. The Kier molecular flexibility index (Phi) is 2.44. The van der Waals surface area contributed by atoms with E-state index in [1.807, 2.05) is 24.3 Å². The Hall–Kier alpha value is -1.42. The topological polar surface area (TPSA) is 53.8 Å². The van der Waals surface area contributed by atoms with Crippen molar-refractivity contribution in [2.75, 3.05) is 5.75 Å². The lowest BCUT2D eigenvalue weighted by Gasteiger charge is -2.07. The van der Waals surface area contributed by atoms with Crippen molar-refractivity contribution in [1.29, 1.82) is 4.78 Å². The summed E-state index contributed by atoms with van der Waals surface area (Å²) in [6, 6.07) is 9.22. The highest BCUT2D eigenvalue weighted by Crippen LogP contribution is 2.21. The molecule has 1 atom stereocenters. The van der Waals surface area contributed by atoms with Gasteiger partial charge in [0, 0.05) is 17.3 Å². The van der Waals surface area contributed by atoms with Gasteiger partial charge in [0.2, 0.25) is 0 Å². The van der Waals surface area contributed by atoms with E-state index in [4.69, 9.17) is 4.78 Å². The summed E-state index contributed by atoms with van der Waals surface area (Å²) < 4.78 is 19.8. The molecule has 0 saturated carbocycles. The predicted molar refractivity (Wildman–Crippen MR) is 61.4 cm³/mol. The SMILES string of the molecule is CC[S@](=N)(=O)c1cccc2cccnc12.